The van der Waals surface area contributed by atoms with E-state index in [0.29, 0.717) is 6.29 Å². The lowest BCUT2D eigenvalue weighted by Gasteiger charge is -2.20. The molecule has 1 aromatic rings. The molecule has 1 amide bonds. The van der Waals surface area contributed by atoms with Gasteiger partial charge in [0.05, 0.1) is 5.56 Å². The molecule has 0 aromatic heterocycles. The minimum atomic E-state index is -0.750. The first-order chi connectivity index (χ1) is 9.51. The second-order valence-electron chi connectivity index (χ2n) is 4.58. The highest BCUT2D eigenvalue weighted by atomic mass is 19.1. The van der Waals surface area contributed by atoms with Gasteiger partial charge >= 0.3 is 0 Å². The van der Waals surface area contributed by atoms with E-state index < -0.39 is 11.9 Å². The summed E-state index contributed by atoms with van der Waals surface area (Å²) in [7, 11) is 0. The van der Waals surface area contributed by atoms with Gasteiger partial charge in [0.15, 0.2) is 12.4 Å². The number of amides is 1. The van der Waals surface area contributed by atoms with Crippen LogP contribution >= 0.6 is 0 Å². The molecule has 0 saturated carbocycles. The summed E-state index contributed by atoms with van der Waals surface area (Å²) < 4.78 is 18.4. The molecule has 0 aliphatic carbocycles. The minimum absolute atomic E-state index is 0.0900. The predicted octanol–water partition coefficient (Wildman–Crippen LogP) is 2.71. The van der Waals surface area contributed by atoms with Gasteiger partial charge in [-0.2, -0.15) is 0 Å². The highest BCUT2D eigenvalue weighted by Gasteiger charge is 2.18. The molecule has 0 fully saturated rings. The number of carbonyl (C=O) groups excluding carboxylic acids is 2. The molecule has 0 aliphatic rings. The summed E-state index contributed by atoms with van der Waals surface area (Å²) >= 11 is 0. The molecule has 0 radical (unpaired) electrons. The Hall–Kier alpha value is -1.91. The Balaban J connectivity index is 2.72. The number of carbonyl (C=O) groups is 2. The zero-order chi connectivity index (χ0) is 15.1. The van der Waals surface area contributed by atoms with Crippen LogP contribution in [0.5, 0.6) is 5.75 Å². The Morgan fingerprint density at radius 3 is 2.60 bits per heavy atom. The van der Waals surface area contributed by atoms with Crippen molar-refractivity contribution in [1.29, 1.82) is 0 Å². The van der Waals surface area contributed by atoms with Gasteiger partial charge in [-0.15, -0.1) is 0 Å². The number of ether oxygens (including phenoxy) is 1. The average Bonchev–Trinajstić information content (AvgIpc) is 2.45. The van der Waals surface area contributed by atoms with Gasteiger partial charge in [-0.25, -0.2) is 4.39 Å². The van der Waals surface area contributed by atoms with Gasteiger partial charge in [0.1, 0.15) is 11.6 Å². The third-order valence-electron chi connectivity index (χ3n) is 3.10. The topological polar surface area (TPSA) is 55.4 Å². The highest BCUT2D eigenvalue weighted by Crippen LogP contribution is 2.19. The molecule has 110 valence electrons. The Kier molecular flexibility index (Phi) is 6.15. The van der Waals surface area contributed by atoms with E-state index in [1.807, 2.05) is 13.8 Å². The van der Waals surface area contributed by atoms with Crippen molar-refractivity contribution >= 4 is 12.2 Å². The van der Waals surface area contributed by atoms with Crippen LogP contribution in [0.2, 0.25) is 0 Å². The largest absolute Gasteiger partial charge is 0.480 e. The van der Waals surface area contributed by atoms with Gasteiger partial charge in [0, 0.05) is 6.04 Å². The maximum Gasteiger partial charge on any atom is 0.260 e. The fourth-order valence-corrected chi connectivity index (χ4v) is 1.77. The number of nitrogens with one attached hydrogen (secondary N) is 1. The van der Waals surface area contributed by atoms with Crippen LogP contribution < -0.4 is 10.1 Å². The van der Waals surface area contributed by atoms with Crippen LogP contribution in [0, 0.1) is 5.82 Å². The first kappa shape index (κ1) is 16.1. The van der Waals surface area contributed by atoms with Crippen LogP contribution in [-0.2, 0) is 4.79 Å². The van der Waals surface area contributed by atoms with Gasteiger partial charge in [0.25, 0.3) is 5.91 Å². The zero-order valence-electron chi connectivity index (χ0n) is 12.0. The van der Waals surface area contributed by atoms with Gasteiger partial charge in [0.2, 0.25) is 0 Å². The van der Waals surface area contributed by atoms with E-state index in [4.69, 9.17) is 4.74 Å². The second-order valence-corrected chi connectivity index (χ2v) is 4.58. The van der Waals surface area contributed by atoms with Crippen LogP contribution in [0.1, 0.15) is 44.0 Å². The number of aldehydes is 1. The third-order valence-corrected chi connectivity index (χ3v) is 3.10. The Labute approximate surface area is 118 Å². The Morgan fingerprint density at radius 2 is 2.05 bits per heavy atom. The first-order valence-electron chi connectivity index (χ1n) is 6.73. The maximum absolute atomic E-state index is 13.0. The Morgan fingerprint density at radius 1 is 1.40 bits per heavy atom. The quantitative estimate of drug-likeness (QED) is 0.782. The van der Waals surface area contributed by atoms with Crippen molar-refractivity contribution in [2.24, 2.45) is 0 Å². The molecule has 5 heteroatoms. The molecule has 20 heavy (non-hydrogen) atoms. The molecular weight excluding hydrogens is 261 g/mol. The highest BCUT2D eigenvalue weighted by molar-refractivity contribution is 5.82. The summed E-state index contributed by atoms with van der Waals surface area (Å²) in [6.45, 7) is 5.57. The lowest BCUT2D eigenvalue weighted by molar-refractivity contribution is -0.128. The number of halogens is 1. The van der Waals surface area contributed by atoms with Crippen molar-refractivity contribution in [3.8, 4) is 5.75 Å². The van der Waals surface area contributed by atoms with E-state index >= 15 is 0 Å². The first-order valence-corrected chi connectivity index (χ1v) is 6.73. The normalized spacial score (nSPS) is 12.1. The molecule has 0 saturated heterocycles. The van der Waals surface area contributed by atoms with Gasteiger partial charge in [-0.3, -0.25) is 9.59 Å². The lowest BCUT2D eigenvalue weighted by atomic mass is 10.1. The monoisotopic (exact) mass is 281 g/mol. The third kappa shape index (κ3) is 4.33. The molecule has 1 N–H and O–H groups in total. The summed E-state index contributed by atoms with van der Waals surface area (Å²) in [6.07, 6.45) is 1.43. The fourth-order valence-electron chi connectivity index (χ4n) is 1.77. The number of hydrogen-bond acceptors (Lipinski definition) is 3. The van der Waals surface area contributed by atoms with Crippen molar-refractivity contribution in [2.45, 2.75) is 45.8 Å². The Bertz CT molecular complexity index is 472. The van der Waals surface area contributed by atoms with E-state index in [0.717, 1.165) is 18.9 Å². The molecule has 0 heterocycles. The summed E-state index contributed by atoms with van der Waals surface area (Å²) in [5.41, 5.74) is 0.0900. The molecule has 1 unspecified atom stereocenters. The standard InChI is InChI=1S/C15H20FNO3/c1-4-13(5-2)17-15(19)10(3)20-14-7-6-12(16)8-11(14)9-18/h6-10,13H,4-5H2,1-3H3,(H,17,19). The SMILES string of the molecule is CCC(CC)NC(=O)C(C)Oc1ccc(F)cc1C=O. The summed E-state index contributed by atoms with van der Waals surface area (Å²) in [6, 6.07) is 3.72. The van der Waals surface area contributed by atoms with Crippen LogP contribution in [-0.4, -0.2) is 24.3 Å². The van der Waals surface area contributed by atoms with E-state index in [-0.39, 0.29) is 23.3 Å². The maximum atomic E-state index is 13.0. The molecule has 0 spiro atoms. The summed E-state index contributed by atoms with van der Waals surface area (Å²) in [5.74, 6) is -0.568. The smallest absolute Gasteiger partial charge is 0.260 e. The minimum Gasteiger partial charge on any atom is -0.480 e. The van der Waals surface area contributed by atoms with Crippen LogP contribution in [0.15, 0.2) is 18.2 Å². The van der Waals surface area contributed by atoms with Gasteiger partial charge < -0.3 is 10.1 Å². The molecule has 0 aliphatic heterocycles. The van der Waals surface area contributed by atoms with E-state index in [2.05, 4.69) is 5.32 Å². The van der Waals surface area contributed by atoms with Crippen LogP contribution in [0.3, 0.4) is 0 Å². The van der Waals surface area contributed by atoms with Crippen molar-refractivity contribution in [1.82, 2.24) is 5.32 Å². The predicted molar refractivity (Wildman–Crippen MR) is 74.4 cm³/mol. The molecule has 1 atom stereocenters. The summed E-state index contributed by atoms with van der Waals surface area (Å²) in [5, 5.41) is 2.86. The fraction of sp³-hybridized carbons (Fsp3) is 0.467. The second kappa shape index (κ2) is 7.62. The van der Waals surface area contributed by atoms with Crippen molar-refractivity contribution in [3.63, 3.8) is 0 Å². The molecular formula is C15H20FNO3. The van der Waals surface area contributed by atoms with Crippen LogP contribution in [0.25, 0.3) is 0 Å². The van der Waals surface area contributed by atoms with Crippen molar-refractivity contribution in [3.05, 3.63) is 29.6 Å². The average molecular weight is 281 g/mol. The summed E-state index contributed by atoms with van der Waals surface area (Å²) in [4.78, 5) is 22.8. The lowest BCUT2D eigenvalue weighted by Crippen LogP contribution is -2.42. The van der Waals surface area contributed by atoms with Crippen LogP contribution in [0.4, 0.5) is 4.39 Å². The molecule has 4 nitrogen and oxygen atoms in total. The van der Waals surface area contributed by atoms with E-state index in [1.54, 1.807) is 6.92 Å². The van der Waals surface area contributed by atoms with Crippen molar-refractivity contribution in [2.75, 3.05) is 0 Å². The van der Waals surface area contributed by atoms with E-state index in [9.17, 15) is 14.0 Å². The van der Waals surface area contributed by atoms with Gasteiger partial charge in [-0.05, 0) is 38.0 Å². The van der Waals surface area contributed by atoms with Crippen molar-refractivity contribution < 1.29 is 18.7 Å². The van der Waals surface area contributed by atoms with Gasteiger partial charge in [-0.1, -0.05) is 13.8 Å². The molecule has 1 aromatic carbocycles. The molecule has 0 bridgehead atoms. The van der Waals surface area contributed by atoms with E-state index in [1.165, 1.54) is 12.1 Å². The number of benzene rings is 1. The molecule has 1 rings (SSSR count). The number of rotatable bonds is 7. The number of hydrogen-bond donors (Lipinski definition) is 1. The zero-order valence-corrected chi connectivity index (χ0v) is 12.0.